The third-order valence-electron chi connectivity index (χ3n) is 4.50. The van der Waals surface area contributed by atoms with Gasteiger partial charge >= 0.3 is 12.1 Å². The number of amides is 1. The number of H-pyrrole nitrogens is 1. The first-order chi connectivity index (χ1) is 14.3. The van der Waals surface area contributed by atoms with Gasteiger partial charge in [-0.2, -0.15) is 0 Å². The number of benzene rings is 2. The van der Waals surface area contributed by atoms with Crippen LogP contribution in [0, 0.1) is 0 Å². The normalized spacial score (nSPS) is 12.3. The van der Waals surface area contributed by atoms with Crippen molar-refractivity contribution in [2.45, 2.75) is 32.3 Å². The maximum Gasteiger partial charge on any atom is 0.412 e. The summed E-state index contributed by atoms with van der Waals surface area (Å²) in [5.41, 5.74) is 2.57. The average molecular weight is 409 g/mol. The van der Waals surface area contributed by atoms with Gasteiger partial charge in [0.2, 0.25) is 0 Å². The highest BCUT2D eigenvalue weighted by atomic mass is 16.6. The minimum absolute atomic E-state index is 0.324. The van der Waals surface area contributed by atoms with Crippen molar-refractivity contribution in [2.24, 2.45) is 0 Å². The lowest BCUT2D eigenvalue weighted by Crippen LogP contribution is -2.27. The summed E-state index contributed by atoms with van der Waals surface area (Å²) in [6.45, 7) is 5.82. The quantitative estimate of drug-likeness (QED) is 0.505. The molecule has 3 rings (SSSR count). The first-order valence-corrected chi connectivity index (χ1v) is 9.74. The zero-order chi connectivity index (χ0) is 21.7. The Hall–Kier alpha value is -3.48. The maximum absolute atomic E-state index is 12.5. The number of para-hydroxylation sites is 1. The van der Waals surface area contributed by atoms with Crippen LogP contribution >= 0.6 is 0 Å². The predicted octanol–water partition coefficient (Wildman–Crippen LogP) is 4.88. The van der Waals surface area contributed by atoms with E-state index in [4.69, 9.17) is 9.47 Å². The van der Waals surface area contributed by atoms with Gasteiger partial charge in [-0.25, -0.2) is 4.79 Å². The van der Waals surface area contributed by atoms with Gasteiger partial charge in [-0.3, -0.25) is 10.1 Å². The summed E-state index contributed by atoms with van der Waals surface area (Å²) in [6, 6.07) is 15.1. The summed E-state index contributed by atoms with van der Waals surface area (Å²) in [7, 11) is 1.38. The highest BCUT2D eigenvalue weighted by Crippen LogP contribution is 2.29. The summed E-state index contributed by atoms with van der Waals surface area (Å²) < 4.78 is 10.3. The van der Waals surface area contributed by atoms with Gasteiger partial charge in [-0.05, 0) is 50.6 Å². The number of esters is 1. The van der Waals surface area contributed by atoms with Crippen LogP contribution in [0.4, 0.5) is 16.2 Å². The summed E-state index contributed by atoms with van der Waals surface area (Å²) in [5.74, 6) is -0.816. The molecule has 0 saturated carbocycles. The van der Waals surface area contributed by atoms with Gasteiger partial charge in [0.15, 0.2) is 0 Å². The minimum atomic E-state index is -0.576. The number of ether oxygens (including phenoxy) is 2. The molecule has 2 aromatic carbocycles. The molecule has 0 radical (unpaired) electrons. The van der Waals surface area contributed by atoms with Crippen molar-refractivity contribution < 1.29 is 19.1 Å². The Kier molecular flexibility index (Phi) is 6.30. The number of carbonyl (C=O) groups is 2. The SMILES string of the molecule is COC(=O)C(CNc1ccccc1)c1c[nH]c2cc(NC(=O)OC(C)(C)C)ccc12. The number of anilines is 2. The van der Waals surface area contributed by atoms with Crippen LogP contribution in [0.2, 0.25) is 0 Å². The molecule has 3 aromatic rings. The van der Waals surface area contributed by atoms with Gasteiger partial charge < -0.3 is 19.8 Å². The molecule has 1 unspecified atom stereocenters. The summed E-state index contributed by atoms with van der Waals surface area (Å²) in [6.07, 6.45) is 1.28. The van der Waals surface area contributed by atoms with E-state index in [1.807, 2.05) is 63.2 Å². The Morgan fingerprint density at radius 2 is 1.80 bits per heavy atom. The molecular weight excluding hydrogens is 382 g/mol. The van der Waals surface area contributed by atoms with E-state index in [1.54, 1.807) is 12.3 Å². The molecule has 0 saturated heterocycles. The molecule has 1 heterocycles. The van der Waals surface area contributed by atoms with Gasteiger partial charge in [0.25, 0.3) is 0 Å². The number of nitrogens with one attached hydrogen (secondary N) is 3. The standard InChI is InChI=1S/C23H27N3O4/c1-23(2,3)30-22(28)26-16-10-11-17-18(13-25-20(17)12-16)19(21(27)29-4)14-24-15-8-6-5-7-9-15/h5-13,19,24-25H,14H2,1-4H3,(H,26,28). The second-order valence-electron chi connectivity index (χ2n) is 7.95. The number of hydrogen-bond donors (Lipinski definition) is 3. The molecule has 0 aliphatic heterocycles. The van der Waals surface area contributed by atoms with Crippen molar-refractivity contribution in [2.75, 3.05) is 24.3 Å². The molecule has 1 amide bonds. The van der Waals surface area contributed by atoms with Crippen LogP contribution in [-0.4, -0.2) is 36.3 Å². The second kappa shape index (κ2) is 8.90. The molecule has 7 heteroatoms. The molecule has 0 aliphatic rings. The fourth-order valence-electron chi connectivity index (χ4n) is 3.17. The van der Waals surface area contributed by atoms with E-state index in [1.165, 1.54) is 7.11 Å². The van der Waals surface area contributed by atoms with Gasteiger partial charge in [0, 0.05) is 35.0 Å². The Labute approximate surface area is 175 Å². The number of methoxy groups -OCH3 is 1. The highest BCUT2D eigenvalue weighted by molar-refractivity contribution is 5.94. The lowest BCUT2D eigenvalue weighted by atomic mass is 9.98. The first kappa shape index (κ1) is 21.2. The predicted molar refractivity (Wildman–Crippen MR) is 118 cm³/mol. The van der Waals surface area contributed by atoms with E-state index in [-0.39, 0.29) is 5.97 Å². The zero-order valence-electron chi connectivity index (χ0n) is 17.6. The van der Waals surface area contributed by atoms with E-state index in [0.717, 1.165) is 22.2 Å². The number of fused-ring (bicyclic) bond motifs is 1. The Bertz CT molecular complexity index is 1020. The number of hydrogen-bond acceptors (Lipinski definition) is 5. The van der Waals surface area contributed by atoms with Crippen molar-refractivity contribution in [3.8, 4) is 0 Å². The minimum Gasteiger partial charge on any atom is -0.468 e. The number of carbonyl (C=O) groups excluding carboxylic acids is 2. The Morgan fingerprint density at radius 1 is 1.07 bits per heavy atom. The lowest BCUT2D eigenvalue weighted by Gasteiger charge is -2.19. The van der Waals surface area contributed by atoms with Crippen LogP contribution in [0.1, 0.15) is 32.3 Å². The van der Waals surface area contributed by atoms with Crippen LogP contribution < -0.4 is 10.6 Å². The van der Waals surface area contributed by atoms with Gasteiger partial charge in [0.05, 0.1) is 7.11 Å². The molecule has 0 bridgehead atoms. The molecule has 1 aromatic heterocycles. The highest BCUT2D eigenvalue weighted by Gasteiger charge is 2.25. The average Bonchev–Trinajstić information content (AvgIpc) is 3.10. The van der Waals surface area contributed by atoms with E-state index in [0.29, 0.717) is 12.2 Å². The molecular formula is C23H27N3O4. The Morgan fingerprint density at radius 3 is 2.47 bits per heavy atom. The third kappa shape index (κ3) is 5.31. The topological polar surface area (TPSA) is 92.5 Å². The van der Waals surface area contributed by atoms with E-state index < -0.39 is 17.6 Å². The fraction of sp³-hybridized carbons (Fsp3) is 0.304. The molecule has 158 valence electrons. The lowest BCUT2D eigenvalue weighted by molar-refractivity contribution is -0.142. The van der Waals surface area contributed by atoms with Gasteiger partial charge in [-0.1, -0.05) is 24.3 Å². The van der Waals surface area contributed by atoms with E-state index >= 15 is 0 Å². The van der Waals surface area contributed by atoms with E-state index in [2.05, 4.69) is 15.6 Å². The largest absolute Gasteiger partial charge is 0.468 e. The maximum atomic E-state index is 12.5. The van der Waals surface area contributed by atoms with Gasteiger partial charge in [0.1, 0.15) is 11.5 Å². The second-order valence-corrected chi connectivity index (χ2v) is 7.95. The molecule has 0 aliphatic carbocycles. The van der Waals surface area contributed by atoms with E-state index in [9.17, 15) is 9.59 Å². The fourth-order valence-corrected chi connectivity index (χ4v) is 3.17. The number of aromatic nitrogens is 1. The van der Waals surface area contributed by atoms with Crippen molar-refractivity contribution >= 4 is 34.3 Å². The number of rotatable bonds is 6. The van der Waals surface area contributed by atoms with Crippen LogP contribution in [0.25, 0.3) is 10.9 Å². The van der Waals surface area contributed by atoms with Crippen molar-refractivity contribution in [3.63, 3.8) is 0 Å². The first-order valence-electron chi connectivity index (χ1n) is 9.74. The molecule has 3 N–H and O–H groups in total. The smallest absolute Gasteiger partial charge is 0.412 e. The number of aromatic amines is 1. The van der Waals surface area contributed by atoms with Crippen molar-refractivity contribution in [1.29, 1.82) is 0 Å². The molecule has 0 spiro atoms. The van der Waals surface area contributed by atoms with Crippen molar-refractivity contribution in [3.05, 3.63) is 60.3 Å². The van der Waals surface area contributed by atoms with Gasteiger partial charge in [-0.15, -0.1) is 0 Å². The molecule has 1 atom stereocenters. The van der Waals surface area contributed by atoms with Crippen LogP contribution in [0.15, 0.2) is 54.7 Å². The summed E-state index contributed by atoms with van der Waals surface area (Å²) in [5, 5.41) is 6.89. The molecule has 0 fully saturated rings. The van der Waals surface area contributed by atoms with Crippen LogP contribution in [-0.2, 0) is 14.3 Å². The molecule has 7 nitrogen and oxygen atoms in total. The summed E-state index contributed by atoms with van der Waals surface area (Å²) in [4.78, 5) is 27.7. The monoisotopic (exact) mass is 409 g/mol. The summed E-state index contributed by atoms with van der Waals surface area (Å²) >= 11 is 0. The zero-order valence-corrected chi connectivity index (χ0v) is 17.6. The Balaban J connectivity index is 1.81. The van der Waals surface area contributed by atoms with Crippen molar-refractivity contribution in [1.82, 2.24) is 4.98 Å². The third-order valence-corrected chi connectivity index (χ3v) is 4.50. The van der Waals surface area contributed by atoms with Crippen LogP contribution in [0.5, 0.6) is 0 Å². The van der Waals surface area contributed by atoms with Crippen LogP contribution in [0.3, 0.4) is 0 Å². The molecule has 30 heavy (non-hydrogen) atoms.